The molecule has 0 aliphatic carbocycles. The standard InChI is InChI=1S/C19H19N3O2S2/c1-25-13-18-21-22-19(24-18)26-12-17(23)20-16-10-6-5-9-15(16)11-14-7-3-2-4-8-14/h2-10H,11-13H2,1H3,(H,20,23). The SMILES string of the molecule is CSCc1nnc(SCC(=O)Nc2ccccc2Cc2ccccc2)o1. The maximum Gasteiger partial charge on any atom is 0.277 e. The van der Waals surface area contributed by atoms with Crippen molar-refractivity contribution in [1.82, 2.24) is 10.2 Å². The Bertz CT molecular complexity index is 853. The number of hydrogen-bond donors (Lipinski definition) is 1. The number of hydrogen-bond acceptors (Lipinski definition) is 6. The van der Waals surface area contributed by atoms with Crippen LogP contribution in [0.2, 0.25) is 0 Å². The Balaban J connectivity index is 1.58. The van der Waals surface area contributed by atoms with Crippen LogP contribution in [0.1, 0.15) is 17.0 Å². The van der Waals surface area contributed by atoms with Crippen LogP contribution in [0.15, 0.2) is 64.2 Å². The lowest BCUT2D eigenvalue weighted by Gasteiger charge is -2.11. The van der Waals surface area contributed by atoms with Gasteiger partial charge in [-0.05, 0) is 29.9 Å². The van der Waals surface area contributed by atoms with E-state index in [0.29, 0.717) is 16.9 Å². The second-order valence-electron chi connectivity index (χ2n) is 5.55. The number of carbonyl (C=O) groups is 1. The number of carbonyl (C=O) groups excluding carboxylic acids is 1. The van der Waals surface area contributed by atoms with Crippen molar-refractivity contribution in [2.24, 2.45) is 0 Å². The Morgan fingerprint density at radius 2 is 1.85 bits per heavy atom. The summed E-state index contributed by atoms with van der Waals surface area (Å²) in [4.78, 5) is 12.3. The van der Waals surface area contributed by atoms with Crippen molar-refractivity contribution in [3.8, 4) is 0 Å². The van der Waals surface area contributed by atoms with Gasteiger partial charge in [-0.3, -0.25) is 4.79 Å². The van der Waals surface area contributed by atoms with Gasteiger partial charge in [0, 0.05) is 5.69 Å². The largest absolute Gasteiger partial charge is 0.415 e. The van der Waals surface area contributed by atoms with E-state index in [1.807, 2.05) is 48.7 Å². The molecule has 3 aromatic rings. The summed E-state index contributed by atoms with van der Waals surface area (Å²) < 4.78 is 5.47. The van der Waals surface area contributed by atoms with Crippen LogP contribution >= 0.6 is 23.5 Å². The molecule has 2 aromatic carbocycles. The van der Waals surface area contributed by atoms with Gasteiger partial charge in [0.15, 0.2) is 0 Å². The molecule has 0 spiro atoms. The molecule has 1 amide bonds. The van der Waals surface area contributed by atoms with E-state index in [4.69, 9.17) is 4.42 Å². The summed E-state index contributed by atoms with van der Waals surface area (Å²) in [5.41, 5.74) is 3.11. The molecule has 1 aromatic heterocycles. The highest BCUT2D eigenvalue weighted by Gasteiger charge is 2.11. The Kier molecular flexibility index (Phi) is 6.74. The number of aromatic nitrogens is 2. The molecule has 0 unspecified atom stereocenters. The minimum Gasteiger partial charge on any atom is -0.415 e. The van der Waals surface area contributed by atoms with Crippen molar-refractivity contribution >= 4 is 35.1 Å². The number of benzene rings is 2. The molecule has 5 nitrogen and oxygen atoms in total. The third kappa shape index (κ3) is 5.37. The first-order valence-electron chi connectivity index (χ1n) is 8.10. The van der Waals surface area contributed by atoms with Gasteiger partial charge < -0.3 is 9.73 Å². The third-order valence-electron chi connectivity index (χ3n) is 3.57. The summed E-state index contributed by atoms with van der Waals surface area (Å²) in [6, 6.07) is 18.0. The van der Waals surface area contributed by atoms with Crippen LogP contribution in [0, 0.1) is 0 Å². The lowest BCUT2D eigenvalue weighted by Crippen LogP contribution is -2.15. The normalized spacial score (nSPS) is 10.7. The van der Waals surface area contributed by atoms with E-state index >= 15 is 0 Å². The summed E-state index contributed by atoms with van der Waals surface area (Å²) in [6.45, 7) is 0. The Morgan fingerprint density at radius 1 is 1.08 bits per heavy atom. The van der Waals surface area contributed by atoms with Crippen LogP contribution in [-0.4, -0.2) is 28.1 Å². The lowest BCUT2D eigenvalue weighted by molar-refractivity contribution is -0.113. The molecule has 0 bridgehead atoms. The van der Waals surface area contributed by atoms with E-state index in [-0.39, 0.29) is 11.7 Å². The predicted molar refractivity (Wildman–Crippen MR) is 107 cm³/mol. The minimum atomic E-state index is -0.0971. The minimum absolute atomic E-state index is 0.0971. The summed E-state index contributed by atoms with van der Waals surface area (Å²) in [5, 5.41) is 11.3. The molecule has 7 heteroatoms. The molecule has 3 rings (SSSR count). The average molecular weight is 386 g/mol. The van der Waals surface area contributed by atoms with Gasteiger partial charge in [0.1, 0.15) is 0 Å². The molecule has 134 valence electrons. The van der Waals surface area contributed by atoms with Crippen LogP contribution in [0.25, 0.3) is 0 Å². The van der Waals surface area contributed by atoms with Gasteiger partial charge in [-0.25, -0.2) is 0 Å². The second-order valence-corrected chi connectivity index (χ2v) is 7.34. The number of anilines is 1. The molecule has 0 saturated carbocycles. The van der Waals surface area contributed by atoms with Crippen molar-refractivity contribution in [1.29, 1.82) is 0 Å². The lowest BCUT2D eigenvalue weighted by atomic mass is 10.0. The number of nitrogens with one attached hydrogen (secondary N) is 1. The molecule has 26 heavy (non-hydrogen) atoms. The average Bonchev–Trinajstić information content (AvgIpc) is 3.10. The van der Waals surface area contributed by atoms with Crippen LogP contribution in [0.3, 0.4) is 0 Å². The van der Waals surface area contributed by atoms with Gasteiger partial charge in [0.25, 0.3) is 5.22 Å². The highest BCUT2D eigenvalue weighted by atomic mass is 32.2. The predicted octanol–water partition coefficient (Wildman–Crippen LogP) is 4.25. The molecule has 0 fully saturated rings. The van der Waals surface area contributed by atoms with Crippen molar-refractivity contribution < 1.29 is 9.21 Å². The smallest absolute Gasteiger partial charge is 0.277 e. The van der Waals surface area contributed by atoms with Gasteiger partial charge in [-0.1, -0.05) is 60.3 Å². The van der Waals surface area contributed by atoms with Crippen molar-refractivity contribution in [2.45, 2.75) is 17.4 Å². The molecular weight excluding hydrogens is 366 g/mol. The van der Waals surface area contributed by atoms with Crippen molar-refractivity contribution in [2.75, 3.05) is 17.3 Å². The number of rotatable bonds is 8. The van der Waals surface area contributed by atoms with Crippen LogP contribution in [0.5, 0.6) is 0 Å². The van der Waals surface area contributed by atoms with Gasteiger partial charge in [-0.15, -0.1) is 10.2 Å². The summed E-state index contributed by atoms with van der Waals surface area (Å²) in [6.07, 6.45) is 2.74. The van der Waals surface area contributed by atoms with Gasteiger partial charge in [-0.2, -0.15) is 11.8 Å². The maximum atomic E-state index is 12.3. The monoisotopic (exact) mass is 385 g/mol. The highest BCUT2D eigenvalue weighted by Crippen LogP contribution is 2.21. The van der Waals surface area contributed by atoms with E-state index < -0.39 is 0 Å². The first-order valence-corrected chi connectivity index (χ1v) is 10.5. The van der Waals surface area contributed by atoms with Crippen LogP contribution < -0.4 is 5.32 Å². The second kappa shape index (κ2) is 9.45. The third-order valence-corrected chi connectivity index (χ3v) is 4.93. The fourth-order valence-electron chi connectivity index (χ4n) is 2.40. The molecule has 0 saturated heterocycles. The molecule has 0 radical (unpaired) electrons. The summed E-state index contributed by atoms with van der Waals surface area (Å²) in [5.74, 6) is 1.38. The topological polar surface area (TPSA) is 68.0 Å². The molecule has 0 aliphatic rings. The number of thioether (sulfide) groups is 2. The van der Waals surface area contributed by atoms with Gasteiger partial charge in [0.05, 0.1) is 11.5 Å². The molecule has 0 aliphatic heterocycles. The quantitative estimate of drug-likeness (QED) is 0.585. The summed E-state index contributed by atoms with van der Waals surface area (Å²) >= 11 is 2.85. The number of amides is 1. The van der Waals surface area contributed by atoms with E-state index in [0.717, 1.165) is 17.7 Å². The van der Waals surface area contributed by atoms with E-state index in [1.165, 1.54) is 17.3 Å². The Labute approximate surface area is 161 Å². The summed E-state index contributed by atoms with van der Waals surface area (Å²) in [7, 11) is 0. The first kappa shape index (κ1) is 18.5. The molecule has 1 N–H and O–H groups in total. The zero-order valence-electron chi connectivity index (χ0n) is 14.3. The zero-order valence-corrected chi connectivity index (χ0v) is 16.0. The fourth-order valence-corrected chi connectivity index (χ4v) is 3.35. The van der Waals surface area contributed by atoms with Gasteiger partial charge in [0.2, 0.25) is 11.8 Å². The van der Waals surface area contributed by atoms with E-state index in [9.17, 15) is 4.79 Å². The molecule has 0 atom stereocenters. The molecular formula is C19H19N3O2S2. The Hall–Kier alpha value is -2.25. The van der Waals surface area contributed by atoms with Gasteiger partial charge >= 0.3 is 0 Å². The van der Waals surface area contributed by atoms with Crippen LogP contribution in [0.4, 0.5) is 5.69 Å². The first-order chi connectivity index (χ1) is 12.7. The molecule has 1 heterocycles. The number of para-hydroxylation sites is 1. The van der Waals surface area contributed by atoms with E-state index in [1.54, 1.807) is 11.8 Å². The Morgan fingerprint density at radius 3 is 2.65 bits per heavy atom. The number of nitrogens with zero attached hydrogens (tertiary/aromatic N) is 2. The zero-order chi connectivity index (χ0) is 18.2. The fraction of sp³-hybridized carbons (Fsp3) is 0.211. The highest BCUT2D eigenvalue weighted by molar-refractivity contribution is 7.99. The van der Waals surface area contributed by atoms with Crippen molar-refractivity contribution in [3.05, 3.63) is 71.6 Å². The van der Waals surface area contributed by atoms with Crippen LogP contribution in [-0.2, 0) is 17.0 Å². The maximum absolute atomic E-state index is 12.3. The van der Waals surface area contributed by atoms with E-state index in [2.05, 4.69) is 27.6 Å². The van der Waals surface area contributed by atoms with Crippen molar-refractivity contribution in [3.63, 3.8) is 0 Å².